The Morgan fingerprint density at radius 1 is 1.21 bits per heavy atom. The topological polar surface area (TPSA) is 97.4 Å². The Labute approximate surface area is 160 Å². The molecule has 1 heterocycles. The highest BCUT2D eigenvalue weighted by Gasteiger charge is 2.31. The van der Waals surface area contributed by atoms with Crippen molar-refractivity contribution in [2.45, 2.75) is 24.0 Å². The number of nitrogens with one attached hydrogen (secondary N) is 2. The number of hydrogen-bond donors (Lipinski definition) is 2. The van der Waals surface area contributed by atoms with Crippen LogP contribution in [0.4, 0.5) is 13.2 Å². The van der Waals surface area contributed by atoms with E-state index in [1.807, 2.05) is 0 Å². The van der Waals surface area contributed by atoms with Gasteiger partial charge in [0.05, 0.1) is 17.6 Å². The highest BCUT2D eigenvalue weighted by atomic mass is 32.2. The lowest BCUT2D eigenvalue weighted by atomic mass is 10.2. The number of aromatic nitrogens is 1. The van der Waals surface area contributed by atoms with Gasteiger partial charge in [0.1, 0.15) is 0 Å². The highest BCUT2D eigenvalue weighted by Crippen LogP contribution is 2.30. The standard InChI is InChI=1S/C17H18F3N3O4S/c1-27-16-9-12(5-7-21-16)11-22-15(24)6-8-23-28(25,26)14-4-2-3-13(10-14)17(18,19)20/h2-5,7,9-10,23H,6,8,11H2,1H3,(H,22,24). The first-order chi connectivity index (χ1) is 13.1. The lowest BCUT2D eigenvalue weighted by Gasteiger charge is -2.10. The van der Waals surface area contributed by atoms with Crippen molar-refractivity contribution < 1.29 is 31.1 Å². The first-order valence-electron chi connectivity index (χ1n) is 8.04. The van der Waals surface area contributed by atoms with Gasteiger partial charge in [-0.1, -0.05) is 6.07 Å². The van der Waals surface area contributed by atoms with Gasteiger partial charge in [0.2, 0.25) is 21.8 Å². The van der Waals surface area contributed by atoms with E-state index in [0.29, 0.717) is 11.9 Å². The fraction of sp³-hybridized carbons (Fsp3) is 0.294. The van der Waals surface area contributed by atoms with Crippen molar-refractivity contribution in [3.05, 3.63) is 53.7 Å². The Bertz CT molecular complexity index is 933. The van der Waals surface area contributed by atoms with Gasteiger partial charge in [-0.15, -0.1) is 0 Å². The third-order valence-corrected chi connectivity index (χ3v) is 5.07. The summed E-state index contributed by atoms with van der Waals surface area (Å²) in [6, 6.07) is 6.69. The summed E-state index contributed by atoms with van der Waals surface area (Å²) in [5.74, 6) is -0.0388. The molecule has 2 aromatic rings. The van der Waals surface area contributed by atoms with Gasteiger partial charge in [0, 0.05) is 31.8 Å². The number of sulfonamides is 1. The van der Waals surface area contributed by atoms with Crippen molar-refractivity contribution in [3.8, 4) is 5.88 Å². The minimum absolute atomic E-state index is 0.180. The predicted molar refractivity (Wildman–Crippen MR) is 93.9 cm³/mol. The van der Waals surface area contributed by atoms with Crippen LogP contribution in [0.3, 0.4) is 0 Å². The number of halogens is 3. The van der Waals surface area contributed by atoms with Crippen molar-refractivity contribution >= 4 is 15.9 Å². The Hall–Kier alpha value is -2.66. The van der Waals surface area contributed by atoms with E-state index >= 15 is 0 Å². The first kappa shape index (κ1) is 21.6. The third kappa shape index (κ3) is 6.20. The van der Waals surface area contributed by atoms with Crippen molar-refractivity contribution in [1.82, 2.24) is 15.0 Å². The minimum Gasteiger partial charge on any atom is -0.481 e. The smallest absolute Gasteiger partial charge is 0.416 e. The molecular formula is C17H18F3N3O4S. The van der Waals surface area contributed by atoms with E-state index in [9.17, 15) is 26.4 Å². The fourth-order valence-corrected chi connectivity index (χ4v) is 3.26. The van der Waals surface area contributed by atoms with Crippen LogP contribution in [-0.4, -0.2) is 33.0 Å². The molecule has 28 heavy (non-hydrogen) atoms. The zero-order chi connectivity index (χ0) is 20.8. The molecule has 0 saturated heterocycles. The molecule has 7 nitrogen and oxygen atoms in total. The second kappa shape index (κ2) is 9.02. The molecular weight excluding hydrogens is 399 g/mol. The zero-order valence-electron chi connectivity index (χ0n) is 14.8. The van der Waals surface area contributed by atoms with Gasteiger partial charge >= 0.3 is 6.18 Å². The highest BCUT2D eigenvalue weighted by molar-refractivity contribution is 7.89. The summed E-state index contributed by atoms with van der Waals surface area (Å²) in [5, 5.41) is 2.60. The van der Waals surface area contributed by atoms with Crippen LogP contribution in [0.2, 0.25) is 0 Å². The van der Waals surface area contributed by atoms with E-state index in [-0.39, 0.29) is 19.5 Å². The molecule has 0 atom stereocenters. The minimum atomic E-state index is -4.65. The second-order valence-corrected chi connectivity index (χ2v) is 7.42. The average Bonchev–Trinajstić information content (AvgIpc) is 2.66. The molecule has 0 unspecified atom stereocenters. The summed E-state index contributed by atoms with van der Waals surface area (Å²) in [5.41, 5.74) is -0.328. The van der Waals surface area contributed by atoms with Gasteiger partial charge < -0.3 is 10.1 Å². The van der Waals surface area contributed by atoms with Crippen LogP contribution < -0.4 is 14.8 Å². The summed E-state index contributed by atoms with van der Waals surface area (Å²) in [7, 11) is -2.71. The number of hydrogen-bond acceptors (Lipinski definition) is 5. The van der Waals surface area contributed by atoms with Gasteiger partial charge in [0.25, 0.3) is 0 Å². The molecule has 0 bridgehead atoms. The quantitative estimate of drug-likeness (QED) is 0.686. The monoisotopic (exact) mass is 417 g/mol. The number of rotatable bonds is 8. The number of carbonyl (C=O) groups excluding carboxylic acids is 1. The van der Waals surface area contributed by atoms with Gasteiger partial charge in [-0.3, -0.25) is 4.79 Å². The van der Waals surface area contributed by atoms with Crippen molar-refractivity contribution in [1.29, 1.82) is 0 Å². The van der Waals surface area contributed by atoms with Crippen LogP contribution in [0.1, 0.15) is 17.5 Å². The molecule has 1 amide bonds. The van der Waals surface area contributed by atoms with Gasteiger partial charge in [-0.2, -0.15) is 13.2 Å². The normalized spacial score (nSPS) is 11.9. The van der Waals surface area contributed by atoms with E-state index in [2.05, 4.69) is 15.0 Å². The molecule has 0 aliphatic carbocycles. The Morgan fingerprint density at radius 2 is 1.96 bits per heavy atom. The largest absolute Gasteiger partial charge is 0.481 e. The molecule has 1 aromatic heterocycles. The number of alkyl halides is 3. The summed E-state index contributed by atoms with van der Waals surface area (Å²) in [6.45, 7) is -0.0673. The lowest BCUT2D eigenvalue weighted by Crippen LogP contribution is -2.30. The third-order valence-electron chi connectivity index (χ3n) is 3.61. The van der Waals surface area contributed by atoms with Crippen LogP contribution in [0, 0.1) is 0 Å². The molecule has 0 radical (unpaired) electrons. The summed E-state index contributed by atoms with van der Waals surface area (Å²) >= 11 is 0. The molecule has 0 aliphatic heterocycles. The van der Waals surface area contributed by atoms with Crippen LogP contribution in [0.15, 0.2) is 47.5 Å². The van der Waals surface area contributed by atoms with Gasteiger partial charge in [-0.05, 0) is 29.8 Å². The van der Waals surface area contributed by atoms with Crippen molar-refractivity contribution in [2.24, 2.45) is 0 Å². The molecule has 0 saturated carbocycles. The maximum atomic E-state index is 12.7. The SMILES string of the molecule is COc1cc(CNC(=O)CCNS(=O)(=O)c2cccc(C(F)(F)F)c2)ccn1. The van der Waals surface area contributed by atoms with Crippen molar-refractivity contribution in [2.75, 3.05) is 13.7 Å². The Balaban J connectivity index is 1.87. The Kier molecular flexibility index (Phi) is 6.97. The van der Waals surface area contributed by atoms with Crippen LogP contribution in [0.5, 0.6) is 5.88 Å². The maximum absolute atomic E-state index is 12.7. The van der Waals surface area contributed by atoms with Gasteiger partial charge in [-0.25, -0.2) is 18.1 Å². The molecule has 1 aromatic carbocycles. The molecule has 0 spiro atoms. The lowest BCUT2D eigenvalue weighted by molar-refractivity contribution is -0.137. The molecule has 0 fully saturated rings. The van der Waals surface area contributed by atoms with E-state index in [0.717, 1.165) is 23.8 Å². The summed E-state index contributed by atoms with van der Waals surface area (Å²) in [6.07, 6.45) is -3.31. The first-order valence-corrected chi connectivity index (χ1v) is 9.52. The molecule has 2 N–H and O–H groups in total. The number of carbonyl (C=O) groups is 1. The fourth-order valence-electron chi connectivity index (χ4n) is 2.18. The van der Waals surface area contributed by atoms with Crippen LogP contribution in [-0.2, 0) is 27.5 Å². The van der Waals surface area contributed by atoms with E-state index < -0.39 is 32.6 Å². The summed E-state index contributed by atoms with van der Waals surface area (Å²) in [4.78, 5) is 15.2. The number of nitrogens with zero attached hydrogens (tertiary/aromatic N) is 1. The average molecular weight is 417 g/mol. The predicted octanol–water partition coefficient (Wildman–Crippen LogP) is 2.09. The molecule has 152 valence electrons. The van der Waals surface area contributed by atoms with Crippen molar-refractivity contribution in [3.63, 3.8) is 0 Å². The van der Waals surface area contributed by atoms with Gasteiger partial charge in [0.15, 0.2) is 0 Å². The van der Waals surface area contributed by atoms with E-state index in [1.165, 1.54) is 13.3 Å². The van der Waals surface area contributed by atoms with Crippen LogP contribution >= 0.6 is 0 Å². The molecule has 2 rings (SSSR count). The summed E-state index contributed by atoms with van der Waals surface area (Å²) < 4.78 is 69.4. The van der Waals surface area contributed by atoms with E-state index in [4.69, 9.17) is 4.74 Å². The molecule has 0 aliphatic rings. The number of pyridine rings is 1. The number of ether oxygens (including phenoxy) is 1. The second-order valence-electron chi connectivity index (χ2n) is 5.66. The zero-order valence-corrected chi connectivity index (χ0v) is 15.6. The number of amides is 1. The van der Waals surface area contributed by atoms with Crippen LogP contribution in [0.25, 0.3) is 0 Å². The molecule has 11 heteroatoms. The number of benzene rings is 1. The number of methoxy groups -OCH3 is 1. The maximum Gasteiger partial charge on any atom is 0.416 e. The van der Waals surface area contributed by atoms with E-state index in [1.54, 1.807) is 12.1 Å². The Morgan fingerprint density at radius 3 is 2.64 bits per heavy atom.